The van der Waals surface area contributed by atoms with E-state index in [9.17, 15) is 14.0 Å². The minimum Gasteiger partial charge on any atom is -0.450 e. The number of ether oxygens (including phenoxy) is 1. The van der Waals surface area contributed by atoms with E-state index in [2.05, 4.69) is 4.90 Å². The van der Waals surface area contributed by atoms with Gasteiger partial charge in [-0.1, -0.05) is 6.07 Å². The maximum absolute atomic E-state index is 13.8. The van der Waals surface area contributed by atoms with E-state index in [0.717, 1.165) is 44.1 Å². The summed E-state index contributed by atoms with van der Waals surface area (Å²) in [5, 5.41) is 2.09. The van der Waals surface area contributed by atoms with Gasteiger partial charge in [0.1, 0.15) is 11.4 Å². The molecule has 1 unspecified atom stereocenters. The molecule has 5 rings (SSSR count). The van der Waals surface area contributed by atoms with Crippen LogP contribution in [0.2, 0.25) is 0 Å². The molecule has 2 aliphatic rings. The number of fused-ring (bicyclic) bond motifs is 2. The summed E-state index contributed by atoms with van der Waals surface area (Å²) >= 11 is 1.49. The van der Waals surface area contributed by atoms with Crippen LogP contribution in [0.25, 0.3) is 11.0 Å². The van der Waals surface area contributed by atoms with Gasteiger partial charge in [0, 0.05) is 31.1 Å². The van der Waals surface area contributed by atoms with E-state index < -0.39 is 11.9 Å². The predicted octanol–water partition coefficient (Wildman–Crippen LogP) is 3.26. The van der Waals surface area contributed by atoms with Crippen LogP contribution in [0.5, 0.6) is 0 Å². The van der Waals surface area contributed by atoms with E-state index in [-0.39, 0.29) is 28.1 Å². The summed E-state index contributed by atoms with van der Waals surface area (Å²) in [7, 11) is 0. The van der Waals surface area contributed by atoms with Crippen LogP contribution in [-0.2, 0) is 4.74 Å². The van der Waals surface area contributed by atoms with Gasteiger partial charge in [-0.2, -0.15) is 0 Å². The molecule has 3 aromatic rings. The van der Waals surface area contributed by atoms with Crippen molar-refractivity contribution in [2.75, 3.05) is 39.4 Å². The molecule has 30 heavy (non-hydrogen) atoms. The number of carbonyl (C=O) groups excluding carboxylic acids is 1. The lowest BCUT2D eigenvalue weighted by atomic mass is 10.0. The van der Waals surface area contributed by atoms with Crippen LogP contribution in [0, 0.1) is 5.82 Å². The molecule has 1 amide bonds. The first-order valence-corrected chi connectivity index (χ1v) is 10.9. The van der Waals surface area contributed by atoms with Gasteiger partial charge in [-0.25, -0.2) is 4.39 Å². The molecule has 0 saturated carbocycles. The molecule has 0 aliphatic carbocycles. The molecule has 1 aromatic carbocycles. The van der Waals surface area contributed by atoms with Crippen LogP contribution in [0.15, 0.2) is 44.9 Å². The Morgan fingerprint density at radius 2 is 1.97 bits per heavy atom. The van der Waals surface area contributed by atoms with Crippen LogP contribution in [0.4, 0.5) is 4.39 Å². The molecular formula is C22H21FN2O4S. The average Bonchev–Trinajstić information content (AvgIpc) is 3.37. The second-order valence-electron chi connectivity index (χ2n) is 7.54. The summed E-state index contributed by atoms with van der Waals surface area (Å²) in [6, 6.07) is 7.13. The molecule has 2 aliphatic heterocycles. The van der Waals surface area contributed by atoms with Crippen molar-refractivity contribution in [3.8, 4) is 0 Å². The minimum atomic E-state index is -0.505. The number of hydrogen-bond acceptors (Lipinski definition) is 6. The first-order valence-electron chi connectivity index (χ1n) is 10.0. The van der Waals surface area contributed by atoms with Gasteiger partial charge in [-0.15, -0.1) is 11.3 Å². The van der Waals surface area contributed by atoms with E-state index in [0.29, 0.717) is 12.1 Å². The fourth-order valence-corrected chi connectivity index (χ4v) is 5.10. The third-order valence-corrected chi connectivity index (χ3v) is 6.64. The van der Waals surface area contributed by atoms with Gasteiger partial charge in [0.15, 0.2) is 5.43 Å². The average molecular weight is 428 g/mol. The number of morpholine rings is 1. The molecule has 0 N–H and O–H groups in total. The molecule has 1 saturated heterocycles. The number of amides is 1. The summed E-state index contributed by atoms with van der Waals surface area (Å²) in [6.45, 7) is 4.60. The number of benzene rings is 1. The highest BCUT2D eigenvalue weighted by atomic mass is 32.1. The van der Waals surface area contributed by atoms with Gasteiger partial charge in [-0.05, 0) is 36.1 Å². The molecule has 156 valence electrons. The van der Waals surface area contributed by atoms with Crippen LogP contribution < -0.4 is 5.43 Å². The fourth-order valence-electron chi connectivity index (χ4n) is 4.26. The Kier molecular flexibility index (Phi) is 5.14. The van der Waals surface area contributed by atoms with Crippen LogP contribution >= 0.6 is 11.3 Å². The monoisotopic (exact) mass is 428 g/mol. The summed E-state index contributed by atoms with van der Waals surface area (Å²) < 4.78 is 25.0. The first kappa shape index (κ1) is 19.4. The Hall–Kier alpha value is -2.55. The Labute approximate surface area is 176 Å². The Balaban J connectivity index is 1.50. The van der Waals surface area contributed by atoms with E-state index in [1.165, 1.54) is 29.5 Å². The topological polar surface area (TPSA) is 63.0 Å². The van der Waals surface area contributed by atoms with Crippen molar-refractivity contribution in [3.63, 3.8) is 0 Å². The number of thiophene rings is 1. The van der Waals surface area contributed by atoms with E-state index >= 15 is 0 Å². The van der Waals surface area contributed by atoms with Gasteiger partial charge in [0.25, 0.3) is 5.91 Å². The van der Waals surface area contributed by atoms with Crippen molar-refractivity contribution in [3.05, 3.63) is 68.0 Å². The number of carbonyl (C=O) groups is 1. The van der Waals surface area contributed by atoms with Crippen molar-refractivity contribution in [2.45, 2.75) is 12.5 Å². The quantitative estimate of drug-likeness (QED) is 0.624. The lowest BCUT2D eigenvalue weighted by Gasteiger charge is -2.28. The zero-order valence-corrected chi connectivity index (χ0v) is 17.1. The molecule has 8 heteroatoms. The van der Waals surface area contributed by atoms with E-state index in [1.54, 1.807) is 4.90 Å². The second kappa shape index (κ2) is 7.94. The van der Waals surface area contributed by atoms with Gasteiger partial charge in [0.2, 0.25) is 5.76 Å². The normalized spacial score (nSPS) is 19.6. The SMILES string of the molecule is O=C1c2oc3ccc(F)cc3c(=O)c2C(c2cccs2)N1CCCN1CCOCC1. The largest absolute Gasteiger partial charge is 0.450 e. The van der Waals surface area contributed by atoms with Crippen molar-refractivity contribution >= 4 is 28.2 Å². The third kappa shape index (κ3) is 3.34. The smallest absolute Gasteiger partial charge is 0.290 e. The molecule has 6 nitrogen and oxygen atoms in total. The number of halogens is 1. The second-order valence-corrected chi connectivity index (χ2v) is 8.52. The van der Waals surface area contributed by atoms with Crippen molar-refractivity contribution < 1.29 is 18.3 Å². The molecule has 0 bridgehead atoms. The highest BCUT2D eigenvalue weighted by Gasteiger charge is 2.42. The summed E-state index contributed by atoms with van der Waals surface area (Å²) in [5.74, 6) is -0.716. The number of rotatable bonds is 5. The van der Waals surface area contributed by atoms with Crippen molar-refractivity contribution in [1.82, 2.24) is 9.80 Å². The Morgan fingerprint density at radius 3 is 2.73 bits per heavy atom. The highest BCUT2D eigenvalue weighted by molar-refractivity contribution is 7.10. The Bertz CT molecular complexity index is 1140. The van der Waals surface area contributed by atoms with Crippen molar-refractivity contribution in [2.24, 2.45) is 0 Å². The third-order valence-electron chi connectivity index (χ3n) is 5.72. The molecule has 4 heterocycles. The molecule has 0 radical (unpaired) electrons. The number of hydrogen-bond donors (Lipinski definition) is 0. The van der Waals surface area contributed by atoms with E-state index in [4.69, 9.17) is 9.15 Å². The number of nitrogens with zero attached hydrogens (tertiary/aromatic N) is 2. The molecule has 1 atom stereocenters. The fraction of sp³-hybridized carbons (Fsp3) is 0.364. The predicted molar refractivity (Wildman–Crippen MR) is 112 cm³/mol. The van der Waals surface area contributed by atoms with Gasteiger partial charge < -0.3 is 14.1 Å². The minimum absolute atomic E-state index is 0.0730. The first-order chi connectivity index (χ1) is 14.6. The molecule has 2 aromatic heterocycles. The van der Waals surface area contributed by atoms with Crippen molar-refractivity contribution in [1.29, 1.82) is 0 Å². The zero-order valence-electron chi connectivity index (χ0n) is 16.3. The van der Waals surface area contributed by atoms with Crippen LogP contribution in [0.3, 0.4) is 0 Å². The highest BCUT2D eigenvalue weighted by Crippen LogP contribution is 2.39. The summed E-state index contributed by atoms with van der Waals surface area (Å²) in [5.41, 5.74) is 0.202. The van der Waals surface area contributed by atoms with Gasteiger partial charge in [-0.3, -0.25) is 14.5 Å². The summed E-state index contributed by atoms with van der Waals surface area (Å²) in [6.07, 6.45) is 0.782. The van der Waals surface area contributed by atoms with Crippen LogP contribution in [-0.4, -0.2) is 55.1 Å². The molecule has 0 spiro atoms. The van der Waals surface area contributed by atoms with Gasteiger partial charge in [0.05, 0.1) is 30.2 Å². The standard InChI is InChI=1S/C22H21FN2O4S/c23-14-4-5-16-15(13-14)20(26)18-19(17-3-1-12-30-17)25(22(27)21(18)29-16)7-2-6-24-8-10-28-11-9-24/h1,3-5,12-13,19H,2,6-11H2. The van der Waals surface area contributed by atoms with E-state index in [1.807, 2.05) is 17.5 Å². The zero-order chi connectivity index (χ0) is 20.7. The Morgan fingerprint density at radius 1 is 1.13 bits per heavy atom. The lowest BCUT2D eigenvalue weighted by Crippen LogP contribution is -2.38. The van der Waals surface area contributed by atoms with Gasteiger partial charge >= 0.3 is 0 Å². The maximum Gasteiger partial charge on any atom is 0.290 e. The summed E-state index contributed by atoms with van der Waals surface area (Å²) in [4.78, 5) is 31.4. The van der Waals surface area contributed by atoms with Crippen LogP contribution in [0.1, 0.15) is 33.5 Å². The lowest BCUT2D eigenvalue weighted by molar-refractivity contribution is 0.0354. The molecular weight excluding hydrogens is 407 g/mol. The molecule has 1 fully saturated rings. The maximum atomic E-state index is 13.8.